The van der Waals surface area contributed by atoms with Crippen LogP contribution >= 0.6 is 28.1 Å². The van der Waals surface area contributed by atoms with E-state index in [4.69, 9.17) is 22.7 Å². The maximum absolute atomic E-state index is 13.3. The molecule has 92 valence electrons. The van der Waals surface area contributed by atoms with E-state index in [9.17, 15) is 4.39 Å². The normalized spacial score (nSPS) is 10.1. The zero-order valence-corrected chi connectivity index (χ0v) is 11.3. The van der Waals surface area contributed by atoms with Crippen LogP contribution in [0.4, 0.5) is 4.39 Å². The van der Waals surface area contributed by atoms with Crippen molar-refractivity contribution < 1.29 is 9.13 Å². The standard InChI is InChI=1S/C11H7BrFN3OS/c12-7-2-1-6(5-8(7)13)17-11-9(10(14)18)15-3-4-16-11/h1-5H,(H2,14,18). The molecule has 0 aliphatic heterocycles. The summed E-state index contributed by atoms with van der Waals surface area (Å²) in [6, 6.07) is 4.34. The van der Waals surface area contributed by atoms with Crippen LogP contribution in [0.2, 0.25) is 0 Å². The van der Waals surface area contributed by atoms with Gasteiger partial charge in [-0.1, -0.05) is 12.2 Å². The lowest BCUT2D eigenvalue weighted by atomic mass is 10.3. The first kappa shape index (κ1) is 12.8. The van der Waals surface area contributed by atoms with E-state index < -0.39 is 5.82 Å². The van der Waals surface area contributed by atoms with Gasteiger partial charge in [0, 0.05) is 18.5 Å². The lowest BCUT2D eigenvalue weighted by Crippen LogP contribution is -2.13. The number of rotatable bonds is 3. The number of hydrogen-bond acceptors (Lipinski definition) is 4. The monoisotopic (exact) mass is 327 g/mol. The van der Waals surface area contributed by atoms with Crippen molar-refractivity contribution in [3.63, 3.8) is 0 Å². The number of halogens is 2. The molecular formula is C11H7BrFN3OS. The minimum Gasteiger partial charge on any atom is -0.437 e. The zero-order valence-electron chi connectivity index (χ0n) is 8.93. The Morgan fingerprint density at radius 2 is 2.06 bits per heavy atom. The van der Waals surface area contributed by atoms with Crippen molar-refractivity contribution in [2.75, 3.05) is 0 Å². The summed E-state index contributed by atoms with van der Waals surface area (Å²) in [6.45, 7) is 0. The Morgan fingerprint density at radius 3 is 2.72 bits per heavy atom. The molecule has 1 aromatic carbocycles. The van der Waals surface area contributed by atoms with Gasteiger partial charge in [-0.05, 0) is 28.1 Å². The predicted octanol–water partition coefficient (Wildman–Crippen LogP) is 2.80. The number of thiocarbonyl (C=S) groups is 1. The summed E-state index contributed by atoms with van der Waals surface area (Å²) < 4.78 is 19.1. The number of hydrogen-bond donors (Lipinski definition) is 1. The molecule has 2 N–H and O–H groups in total. The number of aromatic nitrogens is 2. The molecule has 2 rings (SSSR count). The Labute approximate surface area is 116 Å². The van der Waals surface area contributed by atoms with E-state index in [1.165, 1.54) is 24.5 Å². The van der Waals surface area contributed by atoms with Crippen LogP contribution in [0.3, 0.4) is 0 Å². The molecule has 0 spiro atoms. The second-order valence-electron chi connectivity index (χ2n) is 3.25. The Kier molecular flexibility index (Phi) is 3.83. The van der Waals surface area contributed by atoms with Crippen LogP contribution in [0, 0.1) is 5.82 Å². The summed E-state index contributed by atoms with van der Waals surface area (Å²) in [5.74, 6) is -0.00584. The van der Waals surface area contributed by atoms with E-state index in [0.29, 0.717) is 4.47 Å². The fourth-order valence-corrected chi connectivity index (χ4v) is 1.61. The Morgan fingerprint density at radius 1 is 1.33 bits per heavy atom. The topological polar surface area (TPSA) is 61.0 Å². The number of nitrogens with two attached hydrogens (primary N) is 1. The highest BCUT2D eigenvalue weighted by Crippen LogP contribution is 2.25. The molecule has 0 bridgehead atoms. The van der Waals surface area contributed by atoms with E-state index in [1.54, 1.807) is 6.07 Å². The highest BCUT2D eigenvalue weighted by molar-refractivity contribution is 9.10. The van der Waals surface area contributed by atoms with Gasteiger partial charge in [0.25, 0.3) is 0 Å². The Balaban J connectivity index is 2.34. The summed E-state index contributed by atoms with van der Waals surface area (Å²) in [5.41, 5.74) is 5.75. The first-order valence-corrected chi connectivity index (χ1v) is 6.02. The molecule has 0 fully saturated rings. The number of nitrogens with zero attached hydrogens (tertiary/aromatic N) is 2. The first-order chi connectivity index (χ1) is 8.58. The predicted molar refractivity (Wildman–Crippen MR) is 72.1 cm³/mol. The molecule has 0 unspecified atom stereocenters. The molecule has 1 heterocycles. The highest BCUT2D eigenvalue weighted by atomic mass is 79.9. The lowest BCUT2D eigenvalue weighted by Gasteiger charge is -2.08. The summed E-state index contributed by atoms with van der Waals surface area (Å²) in [4.78, 5) is 7.98. The van der Waals surface area contributed by atoms with Gasteiger partial charge in [0.05, 0.1) is 4.47 Å². The molecule has 7 heteroatoms. The van der Waals surface area contributed by atoms with Gasteiger partial charge in [-0.25, -0.2) is 14.4 Å². The van der Waals surface area contributed by atoms with Crippen molar-refractivity contribution in [2.24, 2.45) is 5.73 Å². The van der Waals surface area contributed by atoms with Gasteiger partial charge in [0.1, 0.15) is 16.6 Å². The third kappa shape index (κ3) is 2.80. The van der Waals surface area contributed by atoms with Gasteiger partial charge < -0.3 is 10.5 Å². The van der Waals surface area contributed by atoms with Crippen LogP contribution in [-0.4, -0.2) is 15.0 Å². The zero-order chi connectivity index (χ0) is 13.1. The van der Waals surface area contributed by atoms with Crippen LogP contribution < -0.4 is 10.5 Å². The van der Waals surface area contributed by atoms with Crippen LogP contribution in [0.15, 0.2) is 35.1 Å². The Bertz CT molecular complexity index is 609. The SMILES string of the molecule is NC(=S)c1nccnc1Oc1ccc(Br)c(F)c1. The van der Waals surface area contributed by atoms with Gasteiger partial charge in [-0.3, -0.25) is 0 Å². The van der Waals surface area contributed by atoms with Crippen molar-refractivity contribution in [2.45, 2.75) is 0 Å². The highest BCUT2D eigenvalue weighted by Gasteiger charge is 2.11. The molecule has 0 saturated heterocycles. The van der Waals surface area contributed by atoms with Gasteiger partial charge >= 0.3 is 0 Å². The molecule has 0 aliphatic rings. The molecule has 0 atom stereocenters. The molecule has 0 saturated carbocycles. The van der Waals surface area contributed by atoms with Crippen LogP contribution in [0.5, 0.6) is 11.6 Å². The second-order valence-corrected chi connectivity index (χ2v) is 4.55. The third-order valence-electron chi connectivity index (χ3n) is 2.00. The molecule has 1 aromatic heterocycles. The van der Waals surface area contributed by atoms with Gasteiger partial charge in [0.2, 0.25) is 5.88 Å². The second kappa shape index (κ2) is 5.36. The van der Waals surface area contributed by atoms with Gasteiger partial charge in [-0.15, -0.1) is 0 Å². The van der Waals surface area contributed by atoms with E-state index in [1.807, 2.05) is 0 Å². The van der Waals surface area contributed by atoms with Crippen LogP contribution in [0.25, 0.3) is 0 Å². The van der Waals surface area contributed by atoms with Crippen LogP contribution in [0.1, 0.15) is 5.69 Å². The average molecular weight is 328 g/mol. The van der Waals surface area contributed by atoms with Crippen molar-refractivity contribution in [3.8, 4) is 11.6 Å². The van der Waals surface area contributed by atoms with Gasteiger partial charge in [0.15, 0.2) is 5.69 Å². The van der Waals surface area contributed by atoms with E-state index in [0.717, 1.165) is 0 Å². The molecule has 0 radical (unpaired) electrons. The first-order valence-electron chi connectivity index (χ1n) is 4.81. The minimum absolute atomic E-state index is 0.0654. The van der Waals surface area contributed by atoms with Crippen molar-refractivity contribution in [3.05, 3.63) is 46.6 Å². The molecule has 2 aromatic rings. The van der Waals surface area contributed by atoms with Crippen molar-refractivity contribution in [1.29, 1.82) is 0 Å². The van der Waals surface area contributed by atoms with Crippen LogP contribution in [-0.2, 0) is 0 Å². The largest absolute Gasteiger partial charge is 0.437 e. The minimum atomic E-state index is -0.437. The Hall–Kier alpha value is -1.60. The van der Waals surface area contributed by atoms with Gasteiger partial charge in [-0.2, -0.15) is 0 Å². The molecule has 0 amide bonds. The lowest BCUT2D eigenvalue weighted by molar-refractivity contribution is 0.454. The summed E-state index contributed by atoms with van der Waals surface area (Å²) in [7, 11) is 0. The quantitative estimate of drug-likeness (QED) is 0.878. The average Bonchev–Trinajstić information content (AvgIpc) is 2.34. The molecule has 0 aliphatic carbocycles. The smallest absolute Gasteiger partial charge is 0.248 e. The van der Waals surface area contributed by atoms with Crippen molar-refractivity contribution >= 4 is 33.1 Å². The maximum Gasteiger partial charge on any atom is 0.248 e. The fourth-order valence-electron chi connectivity index (χ4n) is 1.22. The molecule has 4 nitrogen and oxygen atoms in total. The maximum atomic E-state index is 13.3. The number of benzene rings is 1. The van der Waals surface area contributed by atoms with E-state index >= 15 is 0 Å². The summed E-state index contributed by atoms with van der Waals surface area (Å²) >= 11 is 7.88. The van der Waals surface area contributed by atoms with E-state index in [-0.39, 0.29) is 22.3 Å². The van der Waals surface area contributed by atoms with Crippen molar-refractivity contribution in [1.82, 2.24) is 9.97 Å². The van der Waals surface area contributed by atoms with E-state index in [2.05, 4.69) is 25.9 Å². The third-order valence-corrected chi connectivity index (χ3v) is 2.84. The fraction of sp³-hybridized carbons (Fsp3) is 0. The molecular weight excluding hydrogens is 321 g/mol. The molecule has 18 heavy (non-hydrogen) atoms. The number of ether oxygens (including phenoxy) is 1. The summed E-state index contributed by atoms with van der Waals surface area (Å²) in [5, 5.41) is 0. The summed E-state index contributed by atoms with van der Waals surface area (Å²) in [6.07, 6.45) is 2.88.